The Hall–Kier alpha value is -3.42. The van der Waals surface area contributed by atoms with Crippen LogP contribution in [0.15, 0.2) is 42.5 Å². The molecule has 0 unspecified atom stereocenters. The zero-order valence-corrected chi connectivity index (χ0v) is 13.3. The number of rotatable bonds is 5. The number of nitrogens with zero attached hydrogens (tertiary/aromatic N) is 1. The Morgan fingerprint density at radius 2 is 1.96 bits per heavy atom. The van der Waals surface area contributed by atoms with Gasteiger partial charge in [0.2, 0.25) is 5.95 Å². The van der Waals surface area contributed by atoms with E-state index in [4.69, 9.17) is 0 Å². The fourth-order valence-corrected chi connectivity index (χ4v) is 2.21. The van der Waals surface area contributed by atoms with Crippen LogP contribution in [-0.4, -0.2) is 35.5 Å². The number of carbonyl (C=O) groups is 2. The lowest BCUT2D eigenvalue weighted by Gasteiger charge is -2.03. The average molecular weight is 342 g/mol. The number of carbonyl (C=O) groups excluding carboxylic acids is 2. The second-order valence-corrected chi connectivity index (χ2v) is 5.21. The summed E-state index contributed by atoms with van der Waals surface area (Å²) in [6.45, 7) is -0.201. The minimum atomic E-state index is -0.526. The number of hydrogen-bond acceptors (Lipinski definition) is 5. The molecule has 0 saturated heterocycles. The molecule has 1 heterocycles. The number of ether oxygens (including phenoxy) is 1. The van der Waals surface area contributed by atoms with Gasteiger partial charge in [-0.25, -0.2) is 9.37 Å². The second-order valence-electron chi connectivity index (χ2n) is 5.21. The normalized spacial score (nSPS) is 10.5. The van der Waals surface area contributed by atoms with Crippen molar-refractivity contribution >= 4 is 34.5 Å². The van der Waals surface area contributed by atoms with Gasteiger partial charge in [0.15, 0.2) is 0 Å². The highest BCUT2D eigenvalue weighted by Gasteiger charge is 2.10. The number of nitrogens with one attached hydrogen (secondary N) is 3. The lowest BCUT2D eigenvalue weighted by molar-refractivity contribution is -0.139. The minimum absolute atomic E-state index is 0.201. The van der Waals surface area contributed by atoms with E-state index in [2.05, 4.69) is 25.3 Å². The van der Waals surface area contributed by atoms with Crippen LogP contribution < -0.4 is 10.6 Å². The molecule has 0 aliphatic carbocycles. The fraction of sp³-hybridized carbons (Fsp3) is 0.118. The lowest BCUT2D eigenvalue weighted by Crippen LogP contribution is -2.30. The number of fused-ring (bicyclic) bond motifs is 1. The van der Waals surface area contributed by atoms with Gasteiger partial charge in [0.25, 0.3) is 5.91 Å². The summed E-state index contributed by atoms with van der Waals surface area (Å²) < 4.78 is 17.4. The molecular weight excluding hydrogens is 327 g/mol. The summed E-state index contributed by atoms with van der Waals surface area (Å²) >= 11 is 0. The molecule has 0 spiro atoms. The predicted octanol–water partition coefficient (Wildman–Crippen LogP) is 2.35. The Morgan fingerprint density at radius 1 is 1.20 bits per heavy atom. The number of aromatic nitrogens is 2. The number of aromatic amines is 1. The third kappa shape index (κ3) is 3.92. The highest BCUT2D eigenvalue weighted by atomic mass is 19.1. The van der Waals surface area contributed by atoms with Crippen LogP contribution in [0.2, 0.25) is 0 Å². The first-order chi connectivity index (χ1) is 12.0. The van der Waals surface area contributed by atoms with Gasteiger partial charge in [-0.3, -0.25) is 9.59 Å². The second kappa shape index (κ2) is 7.00. The number of amides is 1. The van der Waals surface area contributed by atoms with E-state index in [1.807, 2.05) is 0 Å². The Bertz CT molecular complexity index is 921. The van der Waals surface area contributed by atoms with Gasteiger partial charge < -0.3 is 20.4 Å². The van der Waals surface area contributed by atoms with Crippen molar-refractivity contribution in [3.05, 3.63) is 53.8 Å². The molecule has 7 nitrogen and oxygen atoms in total. The highest BCUT2D eigenvalue weighted by Crippen LogP contribution is 2.19. The van der Waals surface area contributed by atoms with Crippen LogP contribution in [0.1, 0.15) is 10.4 Å². The van der Waals surface area contributed by atoms with Gasteiger partial charge in [-0.15, -0.1) is 0 Å². The van der Waals surface area contributed by atoms with Gasteiger partial charge in [0, 0.05) is 11.3 Å². The van der Waals surface area contributed by atoms with Gasteiger partial charge >= 0.3 is 5.97 Å². The summed E-state index contributed by atoms with van der Waals surface area (Å²) in [6.07, 6.45) is 0. The van der Waals surface area contributed by atoms with Gasteiger partial charge in [0.05, 0.1) is 18.1 Å². The number of esters is 1. The number of imidazole rings is 1. The van der Waals surface area contributed by atoms with Crippen molar-refractivity contribution in [2.45, 2.75) is 0 Å². The van der Waals surface area contributed by atoms with Crippen molar-refractivity contribution < 1.29 is 18.7 Å². The molecule has 0 radical (unpaired) electrons. The zero-order chi connectivity index (χ0) is 17.8. The molecular formula is C17H15FN4O3. The van der Waals surface area contributed by atoms with Crippen LogP contribution in [0.5, 0.6) is 0 Å². The Labute approximate surface area is 142 Å². The maximum atomic E-state index is 12.9. The molecule has 3 aromatic rings. The molecule has 3 N–H and O–H groups in total. The molecule has 0 fully saturated rings. The van der Waals surface area contributed by atoms with Gasteiger partial charge in [-0.05, 0) is 42.5 Å². The predicted molar refractivity (Wildman–Crippen MR) is 90.1 cm³/mol. The van der Waals surface area contributed by atoms with Crippen LogP contribution in [0, 0.1) is 5.82 Å². The first-order valence-electron chi connectivity index (χ1n) is 7.42. The van der Waals surface area contributed by atoms with Crippen molar-refractivity contribution in [3.8, 4) is 0 Å². The molecule has 3 rings (SSSR count). The third-order valence-electron chi connectivity index (χ3n) is 3.47. The van der Waals surface area contributed by atoms with E-state index < -0.39 is 11.9 Å². The maximum absolute atomic E-state index is 12.9. The van der Waals surface area contributed by atoms with E-state index in [-0.39, 0.29) is 12.4 Å². The van der Waals surface area contributed by atoms with Gasteiger partial charge in [-0.1, -0.05) is 0 Å². The zero-order valence-electron chi connectivity index (χ0n) is 13.3. The monoisotopic (exact) mass is 342 g/mol. The number of benzene rings is 2. The summed E-state index contributed by atoms with van der Waals surface area (Å²) in [7, 11) is 1.25. The van der Waals surface area contributed by atoms with Crippen LogP contribution in [0.25, 0.3) is 11.0 Å². The number of methoxy groups -OCH3 is 1. The lowest BCUT2D eigenvalue weighted by atomic mass is 10.2. The van der Waals surface area contributed by atoms with Crippen molar-refractivity contribution in [1.82, 2.24) is 15.3 Å². The first-order valence-corrected chi connectivity index (χ1v) is 7.42. The van der Waals surface area contributed by atoms with Crippen molar-refractivity contribution in [1.29, 1.82) is 0 Å². The van der Waals surface area contributed by atoms with E-state index in [0.29, 0.717) is 28.2 Å². The molecule has 0 bridgehead atoms. The molecule has 25 heavy (non-hydrogen) atoms. The average Bonchev–Trinajstić information content (AvgIpc) is 3.02. The maximum Gasteiger partial charge on any atom is 0.325 e. The van der Waals surface area contributed by atoms with E-state index in [0.717, 1.165) is 0 Å². The molecule has 2 aromatic carbocycles. The summed E-state index contributed by atoms with van der Waals surface area (Å²) in [5.74, 6) is -0.775. The molecule has 1 amide bonds. The van der Waals surface area contributed by atoms with Crippen LogP contribution >= 0.6 is 0 Å². The number of anilines is 2. The van der Waals surface area contributed by atoms with E-state index in [1.165, 1.54) is 19.2 Å². The van der Waals surface area contributed by atoms with Crippen molar-refractivity contribution in [3.63, 3.8) is 0 Å². The SMILES string of the molecule is COC(=O)CNC(=O)c1ccc2nc(Nc3ccc(F)cc3)[nH]c2c1. The Kier molecular flexibility index (Phi) is 4.60. The van der Waals surface area contributed by atoms with E-state index in [1.54, 1.807) is 30.3 Å². The molecule has 128 valence electrons. The third-order valence-corrected chi connectivity index (χ3v) is 3.47. The molecule has 0 saturated carbocycles. The largest absolute Gasteiger partial charge is 0.468 e. The number of hydrogen-bond donors (Lipinski definition) is 3. The minimum Gasteiger partial charge on any atom is -0.468 e. The molecule has 0 aliphatic rings. The summed E-state index contributed by atoms with van der Waals surface area (Å²) in [5, 5.41) is 5.49. The van der Waals surface area contributed by atoms with E-state index >= 15 is 0 Å². The van der Waals surface area contributed by atoms with Crippen LogP contribution in [-0.2, 0) is 9.53 Å². The Balaban J connectivity index is 1.75. The first kappa shape index (κ1) is 16.4. The standard InChI is InChI=1S/C17H15FN4O3/c1-25-15(23)9-19-16(24)10-2-7-13-14(8-10)22-17(21-13)20-12-5-3-11(18)4-6-12/h2-8H,9H2,1H3,(H,19,24)(H2,20,21,22). The van der Waals surface area contributed by atoms with Gasteiger partial charge in [-0.2, -0.15) is 0 Å². The van der Waals surface area contributed by atoms with Crippen molar-refractivity contribution in [2.24, 2.45) is 0 Å². The quantitative estimate of drug-likeness (QED) is 0.619. The summed E-state index contributed by atoms with van der Waals surface area (Å²) in [4.78, 5) is 30.5. The number of H-pyrrole nitrogens is 1. The molecule has 0 atom stereocenters. The summed E-state index contributed by atoms with van der Waals surface area (Å²) in [5.41, 5.74) is 2.37. The number of halogens is 1. The fourth-order valence-electron chi connectivity index (χ4n) is 2.21. The summed E-state index contributed by atoms with van der Waals surface area (Å²) in [6, 6.07) is 10.8. The molecule has 1 aromatic heterocycles. The highest BCUT2D eigenvalue weighted by molar-refractivity contribution is 5.98. The van der Waals surface area contributed by atoms with Crippen LogP contribution in [0.4, 0.5) is 16.0 Å². The van der Waals surface area contributed by atoms with Crippen LogP contribution in [0.3, 0.4) is 0 Å². The molecule has 8 heteroatoms. The Morgan fingerprint density at radius 3 is 2.68 bits per heavy atom. The smallest absolute Gasteiger partial charge is 0.325 e. The van der Waals surface area contributed by atoms with E-state index in [9.17, 15) is 14.0 Å². The molecule has 0 aliphatic heterocycles. The van der Waals surface area contributed by atoms with Gasteiger partial charge in [0.1, 0.15) is 12.4 Å². The van der Waals surface area contributed by atoms with Crippen molar-refractivity contribution in [2.75, 3.05) is 19.0 Å². The topological polar surface area (TPSA) is 96.1 Å².